The first kappa shape index (κ1) is 16.5. The summed E-state index contributed by atoms with van der Waals surface area (Å²) in [6.45, 7) is 1.42. The molecule has 6 heteroatoms. The monoisotopic (exact) mass is 366 g/mol. The van der Waals surface area contributed by atoms with E-state index in [-0.39, 0.29) is 48.1 Å². The third-order valence-electron chi connectivity index (χ3n) is 6.80. The van der Waals surface area contributed by atoms with Gasteiger partial charge in [-0.25, -0.2) is 0 Å². The normalized spacial score (nSPS) is 35.1. The number of amides is 3. The zero-order valence-corrected chi connectivity index (χ0v) is 15.4. The SMILES string of the molecule is COc1ccc(N(CN2C(=O)[C@@H]3[C@@H]4C=C[C@H]([C@H]5C[C@@H]45)[C@@H]3C2=O)C(C)=O)cc1. The number of ether oxygens (including phenoxy) is 1. The van der Waals surface area contributed by atoms with Crippen LogP contribution in [0.15, 0.2) is 36.4 Å². The Morgan fingerprint density at radius 1 is 1.07 bits per heavy atom. The molecule has 0 spiro atoms. The first-order valence-electron chi connectivity index (χ1n) is 9.47. The Balaban J connectivity index is 1.42. The molecule has 5 aliphatic rings. The average Bonchev–Trinajstić information content (AvgIpc) is 3.46. The summed E-state index contributed by atoms with van der Waals surface area (Å²) in [6.07, 6.45) is 5.45. The molecule has 3 fully saturated rings. The molecule has 0 aromatic heterocycles. The molecule has 0 unspecified atom stereocenters. The van der Waals surface area contributed by atoms with Gasteiger partial charge >= 0.3 is 0 Å². The maximum Gasteiger partial charge on any atom is 0.235 e. The van der Waals surface area contributed by atoms with E-state index in [2.05, 4.69) is 12.2 Å². The summed E-state index contributed by atoms with van der Waals surface area (Å²) in [6, 6.07) is 7.05. The molecule has 2 saturated carbocycles. The second kappa shape index (κ2) is 5.68. The van der Waals surface area contributed by atoms with Crippen LogP contribution in [-0.2, 0) is 14.4 Å². The van der Waals surface area contributed by atoms with Crippen molar-refractivity contribution in [3.8, 4) is 5.75 Å². The lowest BCUT2D eigenvalue weighted by Gasteiger charge is -2.37. The molecule has 1 aliphatic heterocycles. The van der Waals surface area contributed by atoms with Crippen molar-refractivity contribution >= 4 is 23.4 Å². The number of likely N-dealkylation sites (tertiary alicyclic amines) is 1. The maximum atomic E-state index is 13.1. The molecule has 27 heavy (non-hydrogen) atoms. The number of methoxy groups -OCH3 is 1. The zero-order chi connectivity index (χ0) is 18.9. The fourth-order valence-corrected chi connectivity index (χ4v) is 5.42. The standard InChI is InChI=1S/C21H22N2O4/c1-11(24)22(12-3-5-13(27-2)6-4-12)10-23-20(25)18-14-7-8-15(17-9-16(14)17)19(18)21(23)26/h3-8,14-19H,9-10H2,1-2H3/t14-,15-,16-,17+,18+,19-/m1/s1. The predicted molar refractivity (Wildman–Crippen MR) is 97.6 cm³/mol. The predicted octanol–water partition coefficient (Wildman–Crippen LogP) is 2.06. The molecule has 1 aromatic rings. The van der Waals surface area contributed by atoms with Crippen LogP contribution in [0.25, 0.3) is 0 Å². The van der Waals surface area contributed by atoms with Crippen molar-refractivity contribution in [1.29, 1.82) is 0 Å². The second-order valence-electron chi connectivity index (χ2n) is 8.05. The highest BCUT2D eigenvalue weighted by molar-refractivity contribution is 6.07. The molecule has 2 bridgehead atoms. The van der Waals surface area contributed by atoms with E-state index in [1.54, 1.807) is 31.4 Å². The van der Waals surface area contributed by atoms with Gasteiger partial charge in [-0.15, -0.1) is 0 Å². The van der Waals surface area contributed by atoms with Crippen molar-refractivity contribution in [2.75, 3.05) is 18.7 Å². The van der Waals surface area contributed by atoms with Gasteiger partial charge in [0.1, 0.15) is 12.4 Å². The van der Waals surface area contributed by atoms with Gasteiger partial charge in [0.25, 0.3) is 0 Å². The largest absolute Gasteiger partial charge is 0.497 e. The van der Waals surface area contributed by atoms with Crippen molar-refractivity contribution in [3.63, 3.8) is 0 Å². The number of anilines is 1. The van der Waals surface area contributed by atoms with Crippen LogP contribution >= 0.6 is 0 Å². The molecular formula is C21H22N2O4. The Hall–Kier alpha value is -2.63. The van der Waals surface area contributed by atoms with Crippen LogP contribution in [0.4, 0.5) is 5.69 Å². The molecule has 3 amide bonds. The summed E-state index contributed by atoms with van der Waals surface area (Å²) in [5.74, 6) is 1.30. The van der Waals surface area contributed by atoms with Crippen LogP contribution in [0.5, 0.6) is 5.75 Å². The highest BCUT2D eigenvalue weighted by Crippen LogP contribution is 2.65. The third kappa shape index (κ3) is 2.28. The lowest BCUT2D eigenvalue weighted by molar-refractivity contribution is -0.140. The number of rotatable bonds is 4. The van der Waals surface area contributed by atoms with Crippen molar-refractivity contribution in [1.82, 2.24) is 4.90 Å². The Morgan fingerprint density at radius 2 is 1.63 bits per heavy atom. The minimum absolute atomic E-state index is 0.0267. The minimum atomic E-state index is -0.235. The molecule has 1 heterocycles. The number of imide groups is 1. The molecule has 6 atom stereocenters. The van der Waals surface area contributed by atoms with E-state index in [0.29, 0.717) is 23.3 Å². The molecule has 0 N–H and O–H groups in total. The lowest BCUT2D eigenvalue weighted by atomic mass is 9.63. The Morgan fingerprint density at radius 3 is 2.11 bits per heavy atom. The van der Waals surface area contributed by atoms with Crippen molar-refractivity contribution < 1.29 is 19.1 Å². The minimum Gasteiger partial charge on any atom is -0.497 e. The Bertz CT molecular complexity index is 825. The molecule has 4 aliphatic carbocycles. The van der Waals surface area contributed by atoms with Crippen LogP contribution in [0.1, 0.15) is 13.3 Å². The topological polar surface area (TPSA) is 66.9 Å². The number of hydrogen-bond donors (Lipinski definition) is 0. The second-order valence-corrected chi connectivity index (χ2v) is 8.05. The van der Waals surface area contributed by atoms with Gasteiger partial charge < -0.3 is 4.74 Å². The number of hydrogen-bond acceptors (Lipinski definition) is 4. The van der Waals surface area contributed by atoms with Gasteiger partial charge in [0.15, 0.2) is 0 Å². The van der Waals surface area contributed by atoms with E-state index in [1.807, 2.05) is 0 Å². The number of nitrogens with zero attached hydrogens (tertiary/aromatic N) is 2. The van der Waals surface area contributed by atoms with Gasteiger partial charge in [0.2, 0.25) is 17.7 Å². The van der Waals surface area contributed by atoms with E-state index >= 15 is 0 Å². The van der Waals surface area contributed by atoms with Gasteiger partial charge in [-0.3, -0.25) is 24.2 Å². The molecule has 140 valence electrons. The molecule has 1 aromatic carbocycles. The van der Waals surface area contributed by atoms with E-state index < -0.39 is 0 Å². The van der Waals surface area contributed by atoms with Crippen molar-refractivity contribution in [2.24, 2.45) is 35.5 Å². The molecule has 1 saturated heterocycles. The van der Waals surface area contributed by atoms with Gasteiger partial charge in [-0.05, 0) is 54.4 Å². The first-order valence-corrected chi connectivity index (χ1v) is 9.47. The van der Waals surface area contributed by atoms with Gasteiger partial charge in [-0.1, -0.05) is 12.2 Å². The third-order valence-corrected chi connectivity index (χ3v) is 6.80. The quantitative estimate of drug-likeness (QED) is 0.604. The van der Waals surface area contributed by atoms with Crippen molar-refractivity contribution in [3.05, 3.63) is 36.4 Å². The van der Waals surface area contributed by atoms with Crippen LogP contribution in [0.2, 0.25) is 0 Å². The summed E-state index contributed by atoms with van der Waals surface area (Å²) < 4.78 is 5.16. The summed E-state index contributed by atoms with van der Waals surface area (Å²) in [5.41, 5.74) is 0.641. The summed E-state index contributed by atoms with van der Waals surface area (Å²) >= 11 is 0. The number of benzene rings is 1. The van der Waals surface area contributed by atoms with Gasteiger partial charge in [0, 0.05) is 12.6 Å². The van der Waals surface area contributed by atoms with Crippen LogP contribution < -0.4 is 9.64 Å². The van der Waals surface area contributed by atoms with Crippen molar-refractivity contribution in [2.45, 2.75) is 13.3 Å². The molecule has 0 radical (unpaired) electrons. The fourth-order valence-electron chi connectivity index (χ4n) is 5.42. The lowest BCUT2D eigenvalue weighted by Crippen LogP contribution is -2.44. The van der Waals surface area contributed by atoms with Gasteiger partial charge in [-0.2, -0.15) is 0 Å². The maximum absolute atomic E-state index is 13.1. The number of carbonyl (C=O) groups excluding carboxylic acids is 3. The summed E-state index contributed by atoms with van der Waals surface area (Å²) in [5, 5.41) is 0. The first-order chi connectivity index (χ1) is 13.0. The average molecular weight is 366 g/mol. The smallest absolute Gasteiger partial charge is 0.235 e. The van der Waals surface area contributed by atoms with E-state index in [1.165, 1.54) is 16.7 Å². The summed E-state index contributed by atoms with van der Waals surface area (Å²) in [4.78, 5) is 41.2. The molecular weight excluding hydrogens is 344 g/mol. The van der Waals surface area contributed by atoms with Crippen LogP contribution in [0.3, 0.4) is 0 Å². The summed E-state index contributed by atoms with van der Waals surface area (Å²) in [7, 11) is 1.58. The number of carbonyl (C=O) groups is 3. The highest BCUT2D eigenvalue weighted by Gasteiger charge is 2.67. The fraction of sp³-hybridized carbons (Fsp3) is 0.476. The molecule has 6 nitrogen and oxygen atoms in total. The van der Waals surface area contributed by atoms with Crippen LogP contribution in [0, 0.1) is 35.5 Å². The zero-order valence-electron chi connectivity index (χ0n) is 15.4. The molecule has 6 rings (SSSR count). The Labute approximate surface area is 157 Å². The number of allylic oxidation sites excluding steroid dienone is 2. The van der Waals surface area contributed by atoms with Gasteiger partial charge in [0.05, 0.1) is 18.9 Å². The van der Waals surface area contributed by atoms with Crippen LogP contribution in [-0.4, -0.2) is 36.4 Å². The van der Waals surface area contributed by atoms with E-state index in [0.717, 1.165) is 6.42 Å². The Kier molecular flexibility index (Phi) is 3.48. The van der Waals surface area contributed by atoms with E-state index in [4.69, 9.17) is 4.74 Å². The highest BCUT2D eigenvalue weighted by atomic mass is 16.5. The van der Waals surface area contributed by atoms with E-state index in [9.17, 15) is 14.4 Å².